The SMILES string of the molecule is COC(=O)[C@@H](C1CC1)N(c1nc(Cl)ncc1[N+](=O)[O-])C(C)C. The van der Waals surface area contributed by atoms with Gasteiger partial charge in [-0.25, -0.2) is 9.78 Å². The summed E-state index contributed by atoms with van der Waals surface area (Å²) in [5.41, 5.74) is -0.285. The number of ether oxygens (including phenoxy) is 1. The van der Waals surface area contributed by atoms with E-state index in [1.807, 2.05) is 13.8 Å². The topological polar surface area (TPSA) is 98.5 Å². The Morgan fingerprint density at radius 3 is 2.64 bits per heavy atom. The molecule has 0 saturated heterocycles. The third-order valence-electron chi connectivity index (χ3n) is 3.53. The van der Waals surface area contributed by atoms with E-state index in [0.717, 1.165) is 19.0 Å². The summed E-state index contributed by atoms with van der Waals surface area (Å²) in [6.07, 6.45) is 2.80. The molecule has 9 heteroatoms. The number of carbonyl (C=O) groups is 1. The third kappa shape index (κ3) is 3.27. The monoisotopic (exact) mass is 328 g/mol. The maximum absolute atomic E-state index is 12.2. The molecule has 0 amide bonds. The third-order valence-corrected chi connectivity index (χ3v) is 3.71. The van der Waals surface area contributed by atoms with Crippen molar-refractivity contribution in [1.29, 1.82) is 0 Å². The van der Waals surface area contributed by atoms with Gasteiger partial charge in [0, 0.05) is 6.04 Å². The van der Waals surface area contributed by atoms with E-state index in [1.165, 1.54) is 7.11 Å². The van der Waals surface area contributed by atoms with E-state index in [2.05, 4.69) is 9.97 Å². The molecule has 2 rings (SSSR count). The van der Waals surface area contributed by atoms with Crippen LogP contribution in [0.25, 0.3) is 0 Å². The molecule has 1 heterocycles. The zero-order valence-electron chi connectivity index (χ0n) is 12.5. The maximum Gasteiger partial charge on any atom is 0.329 e. The van der Waals surface area contributed by atoms with Gasteiger partial charge < -0.3 is 9.64 Å². The second-order valence-electron chi connectivity index (χ2n) is 5.41. The lowest BCUT2D eigenvalue weighted by atomic mass is 10.1. The lowest BCUT2D eigenvalue weighted by Crippen LogP contribution is -2.48. The number of esters is 1. The largest absolute Gasteiger partial charge is 0.467 e. The van der Waals surface area contributed by atoms with E-state index in [0.29, 0.717) is 0 Å². The molecule has 0 spiro atoms. The molecule has 0 bridgehead atoms. The van der Waals surface area contributed by atoms with Crippen LogP contribution in [0.3, 0.4) is 0 Å². The smallest absolute Gasteiger partial charge is 0.329 e. The summed E-state index contributed by atoms with van der Waals surface area (Å²) in [4.78, 5) is 32.1. The molecule has 0 aromatic carbocycles. The molecule has 0 aliphatic heterocycles. The number of nitro groups is 1. The number of methoxy groups -OCH3 is 1. The number of aromatic nitrogens is 2. The van der Waals surface area contributed by atoms with Gasteiger partial charge in [0.2, 0.25) is 11.1 Å². The van der Waals surface area contributed by atoms with E-state index in [-0.39, 0.29) is 28.7 Å². The number of anilines is 1. The number of nitrogens with zero attached hydrogens (tertiary/aromatic N) is 4. The molecule has 1 saturated carbocycles. The Labute approximate surface area is 132 Å². The number of halogens is 1. The van der Waals surface area contributed by atoms with E-state index in [4.69, 9.17) is 16.3 Å². The van der Waals surface area contributed by atoms with Gasteiger partial charge in [-0.1, -0.05) is 0 Å². The quantitative estimate of drug-likeness (QED) is 0.341. The minimum Gasteiger partial charge on any atom is -0.467 e. The van der Waals surface area contributed by atoms with Gasteiger partial charge in [-0.15, -0.1) is 0 Å². The number of hydrogen-bond donors (Lipinski definition) is 0. The summed E-state index contributed by atoms with van der Waals surface area (Å²) < 4.78 is 4.87. The standard InChI is InChI=1S/C13H17ClN4O4/c1-7(2)17(10(8-4-5-8)12(19)22-3)11-9(18(20)21)6-15-13(14)16-11/h6-8,10H,4-5H2,1-3H3/t10-/m1/s1. The molecular weight excluding hydrogens is 312 g/mol. The minimum atomic E-state index is -0.616. The van der Waals surface area contributed by atoms with E-state index in [9.17, 15) is 14.9 Å². The Morgan fingerprint density at radius 1 is 1.55 bits per heavy atom. The maximum atomic E-state index is 12.2. The fraction of sp³-hybridized carbons (Fsp3) is 0.615. The average molecular weight is 329 g/mol. The predicted molar refractivity (Wildman–Crippen MR) is 79.8 cm³/mol. The molecule has 1 aromatic rings. The Balaban J connectivity index is 2.54. The van der Waals surface area contributed by atoms with Gasteiger partial charge in [0.05, 0.1) is 12.0 Å². The molecule has 1 aromatic heterocycles. The number of carbonyl (C=O) groups excluding carboxylic acids is 1. The molecule has 8 nitrogen and oxygen atoms in total. The van der Waals surface area contributed by atoms with Crippen LogP contribution in [0, 0.1) is 16.0 Å². The normalized spacial score (nSPS) is 15.5. The Hall–Kier alpha value is -1.96. The van der Waals surface area contributed by atoms with Crippen LogP contribution in [0.15, 0.2) is 6.20 Å². The lowest BCUT2D eigenvalue weighted by Gasteiger charge is -2.33. The van der Waals surface area contributed by atoms with Crippen molar-refractivity contribution in [3.05, 3.63) is 21.6 Å². The summed E-state index contributed by atoms with van der Waals surface area (Å²) in [5.74, 6) is -0.286. The van der Waals surface area contributed by atoms with Crippen molar-refractivity contribution in [1.82, 2.24) is 9.97 Å². The van der Waals surface area contributed by atoms with Crippen molar-refractivity contribution in [2.75, 3.05) is 12.0 Å². The van der Waals surface area contributed by atoms with Crippen LogP contribution < -0.4 is 4.90 Å². The summed E-state index contributed by atoms with van der Waals surface area (Å²) in [6.45, 7) is 3.66. The Morgan fingerprint density at radius 2 is 2.18 bits per heavy atom. The molecule has 1 atom stereocenters. The molecule has 0 unspecified atom stereocenters. The van der Waals surface area contributed by atoms with Gasteiger partial charge in [0.25, 0.3) is 0 Å². The molecule has 1 aliphatic rings. The first-order chi connectivity index (χ1) is 10.4. The number of hydrogen-bond acceptors (Lipinski definition) is 7. The highest BCUT2D eigenvalue weighted by atomic mass is 35.5. The highest BCUT2D eigenvalue weighted by Gasteiger charge is 2.44. The average Bonchev–Trinajstić information content (AvgIpc) is 3.27. The number of rotatable bonds is 6. The van der Waals surface area contributed by atoms with Crippen molar-refractivity contribution >= 4 is 29.1 Å². The van der Waals surface area contributed by atoms with Gasteiger partial charge >= 0.3 is 11.7 Å². The first-order valence-corrected chi connectivity index (χ1v) is 7.27. The molecule has 22 heavy (non-hydrogen) atoms. The molecule has 1 fully saturated rings. The summed E-state index contributed by atoms with van der Waals surface area (Å²) in [6, 6.07) is -0.816. The first kappa shape index (κ1) is 16.4. The van der Waals surface area contributed by atoms with Gasteiger partial charge in [0.15, 0.2) is 0 Å². The van der Waals surface area contributed by atoms with Crippen molar-refractivity contribution in [3.8, 4) is 0 Å². The highest BCUT2D eigenvalue weighted by Crippen LogP contribution is 2.40. The highest BCUT2D eigenvalue weighted by molar-refractivity contribution is 6.28. The molecule has 1 aliphatic carbocycles. The summed E-state index contributed by atoms with van der Waals surface area (Å²) >= 11 is 5.80. The van der Waals surface area contributed by atoms with Crippen molar-refractivity contribution in [2.45, 2.75) is 38.8 Å². The minimum absolute atomic E-state index is 0.0438. The Kier molecular flexibility index (Phi) is 4.80. The molecule has 0 N–H and O–H groups in total. The fourth-order valence-electron chi connectivity index (χ4n) is 2.43. The van der Waals surface area contributed by atoms with E-state index >= 15 is 0 Å². The van der Waals surface area contributed by atoms with Crippen LogP contribution in [0.5, 0.6) is 0 Å². The van der Waals surface area contributed by atoms with Gasteiger partial charge in [-0.3, -0.25) is 10.1 Å². The van der Waals surface area contributed by atoms with Crippen molar-refractivity contribution in [3.63, 3.8) is 0 Å². The van der Waals surface area contributed by atoms with Crippen LogP contribution in [0.4, 0.5) is 11.5 Å². The van der Waals surface area contributed by atoms with Gasteiger partial charge in [-0.05, 0) is 44.2 Å². The van der Waals surface area contributed by atoms with E-state index < -0.39 is 16.9 Å². The molecule has 0 radical (unpaired) electrons. The van der Waals surface area contributed by atoms with Crippen LogP contribution in [-0.4, -0.2) is 40.1 Å². The van der Waals surface area contributed by atoms with E-state index in [1.54, 1.807) is 4.90 Å². The van der Waals surface area contributed by atoms with Gasteiger partial charge in [-0.2, -0.15) is 4.98 Å². The predicted octanol–water partition coefficient (Wildman–Crippen LogP) is 2.20. The van der Waals surface area contributed by atoms with Crippen LogP contribution in [0.1, 0.15) is 26.7 Å². The fourth-order valence-corrected chi connectivity index (χ4v) is 2.56. The summed E-state index contributed by atoms with van der Waals surface area (Å²) in [7, 11) is 1.30. The van der Waals surface area contributed by atoms with Gasteiger partial charge in [0.1, 0.15) is 12.2 Å². The lowest BCUT2D eigenvalue weighted by molar-refractivity contribution is -0.384. The van der Waals surface area contributed by atoms with Crippen molar-refractivity contribution in [2.24, 2.45) is 5.92 Å². The van der Waals surface area contributed by atoms with Crippen LogP contribution in [-0.2, 0) is 9.53 Å². The molecular formula is C13H17ClN4O4. The van der Waals surface area contributed by atoms with Crippen LogP contribution >= 0.6 is 11.6 Å². The first-order valence-electron chi connectivity index (χ1n) is 6.90. The second-order valence-corrected chi connectivity index (χ2v) is 5.75. The Bertz CT molecular complexity index is 591. The molecule has 120 valence electrons. The summed E-state index contributed by atoms with van der Waals surface area (Å²) in [5, 5.41) is 11.1. The zero-order chi connectivity index (χ0) is 16.4. The van der Waals surface area contributed by atoms with Crippen LogP contribution in [0.2, 0.25) is 5.28 Å². The van der Waals surface area contributed by atoms with Crippen molar-refractivity contribution < 1.29 is 14.5 Å². The zero-order valence-corrected chi connectivity index (χ0v) is 13.3. The second kappa shape index (κ2) is 6.43.